The van der Waals surface area contributed by atoms with Crippen molar-refractivity contribution in [3.63, 3.8) is 0 Å². The summed E-state index contributed by atoms with van der Waals surface area (Å²) >= 11 is 3.22. The number of ether oxygens (including phenoxy) is 1. The van der Waals surface area contributed by atoms with Crippen LogP contribution in [0.3, 0.4) is 0 Å². The number of nitrogens with zero attached hydrogens (tertiary/aromatic N) is 1. The van der Waals surface area contributed by atoms with Crippen LogP contribution in [0, 0.1) is 0 Å². The average Bonchev–Trinajstić information content (AvgIpc) is 2.53. The van der Waals surface area contributed by atoms with Crippen molar-refractivity contribution in [2.45, 2.75) is 4.90 Å². The number of carboxylic acid groups (broad SMARTS) is 1. The molecule has 0 aromatic heterocycles. The number of hydrogen-bond acceptors (Lipinski definition) is 4. The Morgan fingerprint density at radius 1 is 1.22 bits per heavy atom. The van der Waals surface area contributed by atoms with E-state index in [0.29, 0.717) is 4.47 Å². The Kier molecular flexibility index (Phi) is 5.27. The van der Waals surface area contributed by atoms with Crippen LogP contribution >= 0.6 is 15.9 Å². The standard InChI is InChI=1S/C15H14BrNO5S/c1-22-13-8-7-11(16)9-14(13)23(20,21)17(10-15(18)19)12-5-3-2-4-6-12/h2-9H,10H2,1H3,(H,18,19). The number of sulfonamides is 1. The maximum atomic E-state index is 13.0. The lowest BCUT2D eigenvalue weighted by Gasteiger charge is -2.23. The van der Waals surface area contributed by atoms with Crippen LogP contribution in [0.2, 0.25) is 0 Å². The van der Waals surface area contributed by atoms with Crippen LogP contribution in [0.15, 0.2) is 57.9 Å². The summed E-state index contributed by atoms with van der Waals surface area (Å²) in [6, 6.07) is 12.6. The van der Waals surface area contributed by atoms with Crippen molar-refractivity contribution < 1.29 is 23.1 Å². The minimum Gasteiger partial charge on any atom is -0.495 e. The van der Waals surface area contributed by atoms with Gasteiger partial charge in [0.1, 0.15) is 17.2 Å². The molecule has 0 aliphatic carbocycles. The number of benzene rings is 2. The van der Waals surface area contributed by atoms with Gasteiger partial charge in [0.25, 0.3) is 10.0 Å². The predicted octanol–water partition coefficient (Wildman–Crippen LogP) is 2.74. The van der Waals surface area contributed by atoms with Gasteiger partial charge in [0.15, 0.2) is 0 Å². The molecule has 6 nitrogen and oxygen atoms in total. The van der Waals surface area contributed by atoms with Crippen LogP contribution < -0.4 is 9.04 Å². The molecule has 2 rings (SSSR count). The Hall–Kier alpha value is -2.06. The van der Waals surface area contributed by atoms with E-state index in [1.54, 1.807) is 24.3 Å². The maximum absolute atomic E-state index is 13.0. The van der Waals surface area contributed by atoms with Gasteiger partial charge < -0.3 is 9.84 Å². The van der Waals surface area contributed by atoms with Gasteiger partial charge in [-0.3, -0.25) is 9.10 Å². The van der Waals surface area contributed by atoms with E-state index in [1.807, 2.05) is 0 Å². The van der Waals surface area contributed by atoms with Gasteiger partial charge >= 0.3 is 5.97 Å². The first-order valence-corrected chi connectivity index (χ1v) is 8.72. The molecule has 0 heterocycles. The molecular weight excluding hydrogens is 386 g/mol. The molecule has 1 N–H and O–H groups in total. The van der Waals surface area contributed by atoms with E-state index in [9.17, 15) is 13.2 Å². The minimum atomic E-state index is -4.12. The Morgan fingerprint density at radius 3 is 2.43 bits per heavy atom. The molecular formula is C15H14BrNO5S. The summed E-state index contributed by atoms with van der Waals surface area (Å²) in [5.41, 5.74) is 0.261. The first-order chi connectivity index (χ1) is 10.9. The SMILES string of the molecule is COc1ccc(Br)cc1S(=O)(=O)N(CC(=O)O)c1ccccc1. The van der Waals surface area contributed by atoms with E-state index >= 15 is 0 Å². The summed E-state index contributed by atoms with van der Waals surface area (Å²) < 4.78 is 32.4. The monoisotopic (exact) mass is 399 g/mol. The molecule has 2 aromatic rings. The van der Waals surface area contributed by atoms with Gasteiger partial charge in [0.05, 0.1) is 12.8 Å². The number of carboxylic acids is 1. The molecule has 2 aromatic carbocycles. The highest BCUT2D eigenvalue weighted by Gasteiger charge is 2.30. The van der Waals surface area contributed by atoms with E-state index in [1.165, 1.54) is 31.4 Å². The second-order valence-corrected chi connectivity index (χ2v) is 7.28. The van der Waals surface area contributed by atoms with Gasteiger partial charge in [-0.25, -0.2) is 8.42 Å². The molecule has 0 atom stereocenters. The molecule has 0 saturated heterocycles. The zero-order chi connectivity index (χ0) is 17.0. The van der Waals surface area contributed by atoms with Crippen LogP contribution in [0.1, 0.15) is 0 Å². The number of hydrogen-bond donors (Lipinski definition) is 1. The minimum absolute atomic E-state index is 0.112. The molecule has 0 amide bonds. The van der Waals surface area contributed by atoms with Crippen molar-refractivity contribution in [1.82, 2.24) is 0 Å². The molecule has 8 heteroatoms. The molecule has 122 valence electrons. The van der Waals surface area contributed by atoms with Crippen LogP contribution in [-0.2, 0) is 14.8 Å². The van der Waals surface area contributed by atoms with Gasteiger partial charge in [-0.05, 0) is 30.3 Å². The number of aliphatic carboxylic acids is 1. The van der Waals surface area contributed by atoms with E-state index in [-0.39, 0.29) is 16.3 Å². The summed E-state index contributed by atoms with van der Waals surface area (Å²) in [6.07, 6.45) is 0. The molecule has 0 unspecified atom stereocenters. The highest BCUT2D eigenvalue weighted by atomic mass is 79.9. The second-order valence-electron chi connectivity index (χ2n) is 4.54. The Balaban J connectivity index is 2.62. The van der Waals surface area contributed by atoms with Gasteiger partial charge in [-0.15, -0.1) is 0 Å². The van der Waals surface area contributed by atoms with Crippen LogP contribution in [-0.4, -0.2) is 33.1 Å². The smallest absolute Gasteiger partial charge is 0.324 e. The number of para-hydroxylation sites is 1. The number of methoxy groups -OCH3 is 1. The fourth-order valence-corrected chi connectivity index (χ4v) is 4.11. The summed E-state index contributed by atoms with van der Waals surface area (Å²) in [5, 5.41) is 9.09. The fraction of sp³-hybridized carbons (Fsp3) is 0.133. The van der Waals surface area contributed by atoms with Crippen molar-refractivity contribution in [3.05, 3.63) is 53.0 Å². The van der Waals surface area contributed by atoms with E-state index in [4.69, 9.17) is 9.84 Å². The topological polar surface area (TPSA) is 83.9 Å². The van der Waals surface area contributed by atoms with Crippen molar-refractivity contribution in [2.24, 2.45) is 0 Å². The highest BCUT2D eigenvalue weighted by Crippen LogP contribution is 2.32. The summed E-state index contributed by atoms with van der Waals surface area (Å²) in [5.74, 6) is -1.12. The van der Waals surface area contributed by atoms with Gasteiger partial charge in [-0.1, -0.05) is 34.1 Å². The molecule has 0 spiro atoms. The first-order valence-electron chi connectivity index (χ1n) is 6.49. The molecule has 0 saturated carbocycles. The third kappa shape index (κ3) is 3.83. The lowest BCUT2D eigenvalue weighted by atomic mass is 10.3. The number of halogens is 1. The number of anilines is 1. The maximum Gasteiger partial charge on any atom is 0.324 e. The second kappa shape index (κ2) is 7.01. The third-order valence-corrected chi connectivity index (χ3v) is 5.31. The quantitative estimate of drug-likeness (QED) is 0.806. The third-order valence-electron chi connectivity index (χ3n) is 3.02. The summed E-state index contributed by atoms with van der Waals surface area (Å²) in [4.78, 5) is 11.0. The summed E-state index contributed by atoms with van der Waals surface area (Å²) in [6.45, 7) is -0.692. The zero-order valence-corrected chi connectivity index (χ0v) is 14.5. The molecule has 0 fully saturated rings. The van der Waals surface area contributed by atoms with Crippen molar-refractivity contribution in [3.8, 4) is 5.75 Å². The van der Waals surface area contributed by atoms with Crippen molar-refractivity contribution >= 4 is 37.6 Å². The lowest BCUT2D eigenvalue weighted by Crippen LogP contribution is -2.35. The Bertz CT molecular complexity index is 808. The Morgan fingerprint density at radius 2 is 1.87 bits per heavy atom. The first kappa shape index (κ1) is 17.3. The molecule has 23 heavy (non-hydrogen) atoms. The average molecular weight is 400 g/mol. The number of rotatable bonds is 6. The summed E-state index contributed by atoms with van der Waals surface area (Å²) in [7, 11) is -2.76. The largest absolute Gasteiger partial charge is 0.495 e. The molecule has 0 bridgehead atoms. The zero-order valence-electron chi connectivity index (χ0n) is 12.1. The number of carbonyl (C=O) groups is 1. The van der Waals surface area contributed by atoms with Crippen LogP contribution in [0.4, 0.5) is 5.69 Å². The molecule has 0 aliphatic heterocycles. The molecule has 0 radical (unpaired) electrons. The normalized spacial score (nSPS) is 11.0. The van der Waals surface area contributed by atoms with Crippen molar-refractivity contribution in [1.29, 1.82) is 0 Å². The molecule has 0 aliphatic rings. The highest BCUT2D eigenvalue weighted by molar-refractivity contribution is 9.10. The van der Waals surface area contributed by atoms with Gasteiger partial charge in [-0.2, -0.15) is 0 Å². The van der Waals surface area contributed by atoms with Crippen LogP contribution in [0.5, 0.6) is 5.75 Å². The van der Waals surface area contributed by atoms with E-state index < -0.39 is 22.5 Å². The fourth-order valence-electron chi connectivity index (χ4n) is 2.00. The lowest BCUT2D eigenvalue weighted by molar-refractivity contribution is -0.135. The Labute approximate surface area is 142 Å². The van der Waals surface area contributed by atoms with Gasteiger partial charge in [0.2, 0.25) is 0 Å². The van der Waals surface area contributed by atoms with E-state index in [0.717, 1.165) is 4.31 Å². The van der Waals surface area contributed by atoms with Crippen LogP contribution in [0.25, 0.3) is 0 Å². The van der Waals surface area contributed by atoms with Gasteiger partial charge in [0, 0.05) is 4.47 Å². The van der Waals surface area contributed by atoms with E-state index in [2.05, 4.69) is 15.9 Å². The predicted molar refractivity (Wildman–Crippen MR) is 89.3 cm³/mol. The van der Waals surface area contributed by atoms with Crippen molar-refractivity contribution in [2.75, 3.05) is 18.0 Å².